The smallest absolute Gasteiger partial charge is 0.338 e. The number of carbonyl (C=O) groups is 1. The van der Waals surface area contributed by atoms with Gasteiger partial charge in [0.1, 0.15) is 18.0 Å². The Labute approximate surface area is 197 Å². The van der Waals surface area contributed by atoms with Crippen molar-refractivity contribution in [3.05, 3.63) is 44.9 Å². The van der Waals surface area contributed by atoms with Gasteiger partial charge in [-0.2, -0.15) is 31.4 Å². The largest absolute Gasteiger partial charge is 0.417 e. The van der Waals surface area contributed by atoms with E-state index < -0.39 is 72.9 Å². The Morgan fingerprint density at radius 2 is 1.89 bits per heavy atom. The number of likely N-dealkylation sites (tertiary alicyclic amines) is 1. The molecule has 192 valence electrons. The van der Waals surface area contributed by atoms with Gasteiger partial charge in [-0.15, -0.1) is 0 Å². The zero-order valence-corrected chi connectivity index (χ0v) is 18.5. The van der Waals surface area contributed by atoms with Gasteiger partial charge in [-0.1, -0.05) is 11.6 Å². The van der Waals surface area contributed by atoms with E-state index in [1.165, 1.54) is 0 Å². The van der Waals surface area contributed by atoms with Gasteiger partial charge in [0.25, 0.3) is 0 Å². The third kappa shape index (κ3) is 5.29. The summed E-state index contributed by atoms with van der Waals surface area (Å²) < 4.78 is 93.9. The standard InChI is InChI=1S/C19H18ClF7N6O2/c20-15-11(19(25,26)27)1-3-28-12(15)6-32-17(35)33-13(16(34)31-4-2-10(21)5-31)7-30(8-14(33)29-32)9-18(22,23)24/h1,3,10,13H,2,4-9H2/t10-,13?/m0/s1. The highest BCUT2D eigenvalue weighted by Crippen LogP contribution is 2.35. The van der Waals surface area contributed by atoms with Crippen LogP contribution in [0.3, 0.4) is 0 Å². The predicted octanol–water partition coefficient (Wildman–Crippen LogP) is 2.65. The van der Waals surface area contributed by atoms with E-state index in [1.807, 2.05) is 0 Å². The van der Waals surface area contributed by atoms with Crippen molar-refractivity contribution in [2.75, 3.05) is 26.2 Å². The minimum absolute atomic E-state index is 0.0394. The van der Waals surface area contributed by atoms with Gasteiger partial charge in [-0.25, -0.2) is 13.9 Å². The third-order valence-corrected chi connectivity index (χ3v) is 6.17. The Morgan fingerprint density at radius 1 is 1.17 bits per heavy atom. The molecule has 0 radical (unpaired) electrons. The second-order valence-corrected chi connectivity index (χ2v) is 8.69. The second-order valence-electron chi connectivity index (χ2n) is 8.31. The van der Waals surface area contributed by atoms with Crippen molar-refractivity contribution in [2.24, 2.45) is 0 Å². The van der Waals surface area contributed by atoms with Crippen molar-refractivity contribution in [2.45, 2.75) is 44.1 Å². The molecule has 2 aliphatic heterocycles. The van der Waals surface area contributed by atoms with Crippen LogP contribution in [-0.4, -0.2) is 73.6 Å². The molecule has 2 aromatic rings. The van der Waals surface area contributed by atoms with Gasteiger partial charge in [0.2, 0.25) is 5.91 Å². The first-order chi connectivity index (χ1) is 16.2. The molecule has 1 unspecified atom stereocenters. The molecule has 35 heavy (non-hydrogen) atoms. The van der Waals surface area contributed by atoms with Crippen LogP contribution in [0.1, 0.15) is 29.5 Å². The molecule has 0 spiro atoms. The fraction of sp³-hybridized carbons (Fsp3) is 0.579. The Hall–Kier alpha value is -2.68. The van der Waals surface area contributed by atoms with Crippen LogP contribution >= 0.6 is 11.6 Å². The third-order valence-electron chi connectivity index (χ3n) is 5.75. The lowest BCUT2D eigenvalue weighted by atomic mass is 10.1. The van der Waals surface area contributed by atoms with E-state index in [-0.39, 0.29) is 31.0 Å². The molecule has 1 fully saturated rings. The topological polar surface area (TPSA) is 76.3 Å². The van der Waals surface area contributed by atoms with E-state index in [0.29, 0.717) is 10.7 Å². The molecule has 0 N–H and O–H groups in total. The Morgan fingerprint density at radius 3 is 2.49 bits per heavy atom. The Kier molecular flexibility index (Phi) is 6.59. The molecular formula is C19H18ClF7N6O2. The maximum absolute atomic E-state index is 13.6. The summed E-state index contributed by atoms with van der Waals surface area (Å²) in [7, 11) is 0. The number of hydrogen-bond donors (Lipinski definition) is 0. The van der Waals surface area contributed by atoms with Crippen molar-refractivity contribution in [1.29, 1.82) is 0 Å². The van der Waals surface area contributed by atoms with Gasteiger partial charge in [0.15, 0.2) is 0 Å². The van der Waals surface area contributed by atoms with Crippen LogP contribution in [0, 0.1) is 0 Å². The zero-order chi connectivity index (χ0) is 25.7. The number of halogens is 8. The summed E-state index contributed by atoms with van der Waals surface area (Å²) in [4.78, 5) is 31.9. The van der Waals surface area contributed by atoms with E-state index >= 15 is 0 Å². The highest BCUT2D eigenvalue weighted by Gasteiger charge is 2.42. The molecule has 2 aliphatic rings. The van der Waals surface area contributed by atoms with E-state index in [0.717, 1.165) is 20.6 Å². The van der Waals surface area contributed by atoms with Crippen LogP contribution in [0.2, 0.25) is 5.02 Å². The first-order valence-electron chi connectivity index (χ1n) is 10.4. The van der Waals surface area contributed by atoms with Crippen LogP contribution in [0.4, 0.5) is 30.7 Å². The minimum Gasteiger partial charge on any atom is -0.338 e. The van der Waals surface area contributed by atoms with E-state index in [4.69, 9.17) is 11.6 Å². The summed E-state index contributed by atoms with van der Waals surface area (Å²) in [6, 6.07) is -0.761. The summed E-state index contributed by atoms with van der Waals surface area (Å²) in [5, 5.41) is 3.21. The number of nitrogens with zero attached hydrogens (tertiary/aromatic N) is 6. The van der Waals surface area contributed by atoms with Crippen molar-refractivity contribution in [3.8, 4) is 0 Å². The first-order valence-corrected chi connectivity index (χ1v) is 10.7. The normalized spacial score (nSPS) is 21.4. The summed E-state index contributed by atoms with van der Waals surface area (Å²) in [6.07, 6.45) is -9.77. The SMILES string of the molecule is O=C(C1CN(CC(F)(F)F)Cc2nn(Cc3nccc(C(F)(F)F)c3Cl)c(=O)n21)N1CC[C@H](F)C1. The number of alkyl halides is 7. The molecule has 8 nitrogen and oxygen atoms in total. The summed E-state index contributed by atoms with van der Waals surface area (Å²) in [5.74, 6) is -0.932. The van der Waals surface area contributed by atoms with Gasteiger partial charge in [0.05, 0.1) is 42.5 Å². The fourth-order valence-electron chi connectivity index (χ4n) is 4.23. The van der Waals surface area contributed by atoms with Crippen LogP contribution < -0.4 is 5.69 Å². The molecule has 0 saturated carbocycles. The lowest BCUT2D eigenvalue weighted by Gasteiger charge is -2.34. The van der Waals surface area contributed by atoms with Crippen molar-refractivity contribution < 1.29 is 35.5 Å². The predicted molar refractivity (Wildman–Crippen MR) is 106 cm³/mol. The summed E-state index contributed by atoms with van der Waals surface area (Å²) in [6.45, 7) is -3.13. The lowest BCUT2D eigenvalue weighted by molar-refractivity contribution is -0.154. The number of rotatable bonds is 4. The Bertz CT molecular complexity index is 1180. The van der Waals surface area contributed by atoms with E-state index in [9.17, 15) is 40.3 Å². The van der Waals surface area contributed by atoms with Gasteiger partial charge >= 0.3 is 18.0 Å². The number of pyridine rings is 1. The molecule has 0 aromatic carbocycles. The molecule has 1 saturated heterocycles. The van der Waals surface area contributed by atoms with Crippen LogP contribution in [0.25, 0.3) is 0 Å². The first kappa shape index (κ1) is 25.4. The van der Waals surface area contributed by atoms with E-state index in [1.54, 1.807) is 0 Å². The number of hydrogen-bond acceptors (Lipinski definition) is 5. The van der Waals surface area contributed by atoms with Crippen LogP contribution in [-0.2, 0) is 24.1 Å². The zero-order valence-electron chi connectivity index (χ0n) is 17.8. The molecule has 0 aliphatic carbocycles. The van der Waals surface area contributed by atoms with Crippen molar-refractivity contribution >= 4 is 17.5 Å². The number of carbonyl (C=O) groups excluding carboxylic acids is 1. The van der Waals surface area contributed by atoms with Gasteiger partial charge < -0.3 is 4.90 Å². The average Bonchev–Trinajstić information content (AvgIpc) is 3.30. The number of amides is 1. The fourth-order valence-corrected chi connectivity index (χ4v) is 4.51. The van der Waals surface area contributed by atoms with Crippen LogP contribution in [0.5, 0.6) is 0 Å². The van der Waals surface area contributed by atoms with Gasteiger partial charge in [0, 0.05) is 19.3 Å². The van der Waals surface area contributed by atoms with Gasteiger partial charge in [-0.3, -0.25) is 19.2 Å². The molecule has 4 rings (SSSR count). The summed E-state index contributed by atoms with van der Waals surface area (Å²) in [5.41, 5.74) is -2.45. The monoisotopic (exact) mass is 530 g/mol. The van der Waals surface area contributed by atoms with Crippen molar-refractivity contribution in [1.82, 2.24) is 29.1 Å². The molecule has 2 atom stereocenters. The van der Waals surface area contributed by atoms with E-state index in [2.05, 4.69) is 10.1 Å². The molecule has 0 bridgehead atoms. The van der Waals surface area contributed by atoms with Crippen LogP contribution in [0.15, 0.2) is 17.1 Å². The maximum atomic E-state index is 13.6. The molecule has 16 heteroatoms. The Balaban J connectivity index is 1.70. The second kappa shape index (κ2) is 9.08. The molecule has 1 amide bonds. The summed E-state index contributed by atoms with van der Waals surface area (Å²) >= 11 is 5.84. The quantitative estimate of drug-likeness (QED) is 0.568. The highest BCUT2D eigenvalue weighted by molar-refractivity contribution is 6.32. The van der Waals surface area contributed by atoms with Crippen molar-refractivity contribution in [3.63, 3.8) is 0 Å². The number of aromatic nitrogens is 4. The minimum atomic E-state index is -4.78. The average molecular weight is 531 g/mol. The highest BCUT2D eigenvalue weighted by atomic mass is 35.5. The number of fused-ring (bicyclic) bond motifs is 1. The molecular weight excluding hydrogens is 513 g/mol. The molecule has 4 heterocycles. The molecule has 2 aromatic heterocycles. The van der Waals surface area contributed by atoms with Gasteiger partial charge in [-0.05, 0) is 12.5 Å². The maximum Gasteiger partial charge on any atom is 0.417 e. The lowest BCUT2D eigenvalue weighted by Crippen LogP contribution is -2.50.